The number of piperidine rings is 4. The predicted molar refractivity (Wildman–Crippen MR) is 368 cm³/mol. The maximum atomic E-state index is 10.1. The lowest BCUT2D eigenvalue weighted by molar-refractivity contribution is 0.138. The average molecular weight is 1270 g/mol. The Morgan fingerprint density at radius 2 is 0.876 bits per heavy atom. The number of likely N-dealkylation sites (tertiary alicyclic amines) is 3. The number of nitrogens with one attached hydrogen (secondary N) is 1. The van der Waals surface area contributed by atoms with Crippen molar-refractivity contribution in [2.45, 2.75) is 117 Å². The highest BCUT2D eigenvalue weighted by Gasteiger charge is 2.40. The molecule has 7 aromatic rings. The fraction of sp³-hybridized carbons (Fsp3) is 0.447. The molecule has 89 heavy (non-hydrogen) atoms. The molecule has 4 aliphatic heterocycles. The van der Waals surface area contributed by atoms with Gasteiger partial charge in [-0.3, -0.25) is 14.7 Å². The van der Waals surface area contributed by atoms with E-state index in [0.29, 0.717) is 58.2 Å². The van der Waals surface area contributed by atoms with Gasteiger partial charge in [-0.25, -0.2) is 0 Å². The van der Waals surface area contributed by atoms with E-state index < -0.39 is 7.12 Å². The predicted octanol–water partition coefficient (Wildman–Crippen LogP) is 13.6. The number of aromatic hydroxyl groups is 1. The topological polar surface area (TPSA) is 119 Å². The Morgan fingerprint density at radius 3 is 1.38 bits per heavy atom. The summed E-state index contributed by atoms with van der Waals surface area (Å²) in [5, 5.41) is 33.3. The molecule has 474 valence electrons. The van der Waals surface area contributed by atoms with E-state index in [4.69, 9.17) is 18.9 Å². The van der Waals surface area contributed by atoms with Crippen LogP contribution in [-0.2, 0) is 45.3 Å². The molecule has 7 aromatic carbocycles. The first kappa shape index (κ1) is 67.2. The zero-order chi connectivity index (χ0) is 59.3. The van der Waals surface area contributed by atoms with Crippen LogP contribution in [0.15, 0.2) is 150 Å². The lowest BCUT2D eigenvalue weighted by Gasteiger charge is -2.43. The molecule has 0 radical (unpaired) electrons. The molecule has 4 saturated heterocycles. The molecule has 0 aromatic heterocycles. The lowest BCUT2D eigenvalue weighted by atomic mass is 9.66. The van der Waals surface area contributed by atoms with E-state index in [-0.39, 0.29) is 22.3 Å². The number of nitrogens with zero attached hydrogens (tertiary/aromatic N) is 3. The van der Waals surface area contributed by atoms with E-state index in [0.717, 1.165) is 106 Å². The molecule has 8 bridgehead atoms. The summed E-state index contributed by atoms with van der Waals surface area (Å²) in [6.07, 6.45) is 9.35. The fourth-order valence-corrected chi connectivity index (χ4v) is 17.0. The van der Waals surface area contributed by atoms with Crippen molar-refractivity contribution in [1.29, 1.82) is 0 Å². The zero-order valence-electron chi connectivity index (χ0n) is 50.7. The van der Waals surface area contributed by atoms with Gasteiger partial charge in [-0.15, -0.1) is 0 Å². The molecule has 15 rings (SSSR count). The Balaban J connectivity index is 0.000000141. The number of methoxy groups -OCH3 is 4. The number of rotatable bonds is 11. The van der Waals surface area contributed by atoms with Gasteiger partial charge in [-0.1, -0.05) is 138 Å². The molecule has 0 spiro atoms. The highest BCUT2D eigenvalue weighted by atomic mass is 79.9. The van der Waals surface area contributed by atoms with Crippen molar-refractivity contribution in [2.75, 3.05) is 80.8 Å². The van der Waals surface area contributed by atoms with Gasteiger partial charge in [0.2, 0.25) is 0 Å². The van der Waals surface area contributed by atoms with Crippen molar-refractivity contribution in [3.05, 3.63) is 211 Å². The van der Waals surface area contributed by atoms with Crippen LogP contribution in [0.2, 0.25) is 0 Å². The number of hydrogen-bond donors (Lipinski definition) is 4. The summed E-state index contributed by atoms with van der Waals surface area (Å²) in [4.78, 5) is 7.81. The first-order valence-electron chi connectivity index (χ1n) is 31.5. The minimum Gasteiger partial charge on any atom is -0.504 e. The van der Waals surface area contributed by atoms with Crippen LogP contribution in [0.3, 0.4) is 0 Å². The molecule has 8 aliphatic rings. The first-order chi connectivity index (χ1) is 42.0. The summed E-state index contributed by atoms with van der Waals surface area (Å²) in [6, 6.07) is 51.4. The third-order valence-electron chi connectivity index (χ3n) is 19.9. The molecule has 11 nitrogen and oxygen atoms in total. The van der Waals surface area contributed by atoms with Crippen LogP contribution in [0.5, 0.6) is 28.7 Å². The summed E-state index contributed by atoms with van der Waals surface area (Å²) in [6.45, 7) is 12.1. The van der Waals surface area contributed by atoms with Crippen LogP contribution >= 0.6 is 15.9 Å². The molecule has 8 atom stereocenters. The van der Waals surface area contributed by atoms with Gasteiger partial charge in [0.1, 0.15) is 17.2 Å². The molecule has 0 amide bonds. The lowest BCUT2D eigenvalue weighted by Crippen LogP contribution is -2.45. The Bertz CT molecular complexity index is 3410. The van der Waals surface area contributed by atoms with Gasteiger partial charge in [0.25, 0.3) is 0 Å². The quantitative estimate of drug-likeness (QED) is 0.0927. The minimum absolute atomic E-state index is 0. The number of halogens is 1. The highest BCUT2D eigenvalue weighted by Crippen LogP contribution is 2.47. The normalized spacial score (nSPS) is 23.1. The fourth-order valence-electron chi connectivity index (χ4n) is 16.3. The van der Waals surface area contributed by atoms with Crippen LogP contribution in [0, 0.1) is 23.7 Å². The van der Waals surface area contributed by atoms with Gasteiger partial charge in [0, 0.05) is 76.5 Å². The SMILES string of the molecule is C.C.C.COc1ccc2c(c1)CC1CC2CN(Cc2ccccc2)C1.COc1ccc2c(c1B(O)O)CC1CC2CN(Cc2ccccc2)C1.COc1ccc2c(c1Br)CC1CC2CN(Cc2ccccc2)C1.COc1ccc2c(c1O)CC1CNCC2C1. The second-order valence-electron chi connectivity index (χ2n) is 25.7. The molecular weight excluding hydrogens is 1170 g/mol. The second-order valence-corrected chi connectivity index (χ2v) is 26.5. The second kappa shape index (κ2) is 30.8. The maximum Gasteiger partial charge on any atom is 0.492 e. The number of phenols is 1. The van der Waals surface area contributed by atoms with E-state index >= 15 is 0 Å². The van der Waals surface area contributed by atoms with Gasteiger partial charge < -0.3 is 39.4 Å². The molecule has 4 fully saturated rings. The van der Waals surface area contributed by atoms with Crippen molar-refractivity contribution < 1.29 is 34.1 Å². The van der Waals surface area contributed by atoms with Crippen LogP contribution in [0.1, 0.15) is 133 Å². The molecular formula is C76H98BBrN4O7. The van der Waals surface area contributed by atoms with Crippen molar-refractivity contribution in [3.63, 3.8) is 0 Å². The number of benzene rings is 7. The Kier molecular flexibility index (Phi) is 23.3. The molecule has 4 aliphatic carbocycles. The molecule has 13 heteroatoms. The third-order valence-corrected chi connectivity index (χ3v) is 20.8. The van der Waals surface area contributed by atoms with Crippen LogP contribution in [-0.4, -0.2) is 118 Å². The summed E-state index contributed by atoms with van der Waals surface area (Å²) >= 11 is 3.77. The van der Waals surface area contributed by atoms with Crippen molar-refractivity contribution in [3.8, 4) is 28.7 Å². The van der Waals surface area contributed by atoms with Crippen molar-refractivity contribution >= 4 is 28.5 Å². The van der Waals surface area contributed by atoms with E-state index in [1.165, 1.54) is 101 Å². The van der Waals surface area contributed by atoms with Crippen LogP contribution in [0.4, 0.5) is 0 Å². The Hall–Kier alpha value is -6.16. The Morgan fingerprint density at radius 1 is 0.449 bits per heavy atom. The highest BCUT2D eigenvalue weighted by molar-refractivity contribution is 9.10. The van der Waals surface area contributed by atoms with E-state index in [9.17, 15) is 15.2 Å². The van der Waals surface area contributed by atoms with Gasteiger partial charge in [-0.2, -0.15) is 0 Å². The number of fused-ring (bicyclic) bond motifs is 16. The third kappa shape index (κ3) is 15.4. The van der Waals surface area contributed by atoms with Gasteiger partial charge in [0.05, 0.1) is 32.9 Å². The zero-order valence-corrected chi connectivity index (χ0v) is 52.3. The van der Waals surface area contributed by atoms with Gasteiger partial charge in [0.15, 0.2) is 11.5 Å². The monoisotopic (exact) mass is 1270 g/mol. The average Bonchev–Trinajstić information content (AvgIpc) is 0.959. The standard InChI is InChI=1S/C20H24BNO3.C20H22BrNO.C20H23NO.C13H17NO2.3CH4/c1-25-19-8-7-17-16-9-15(10-18(17)20(19)21(23)24)12-22(13-16)11-14-5-3-2-4-6-14;1-23-19-8-7-17-16-9-15(10-18(17)20(19)21)12-22(13-16)11-14-5-3-2-4-6-14;1-22-19-7-8-20-17(11-19)9-16-10-18(20)14-21(13-16)12-15-5-3-2-4-6-15;1-16-12-3-2-10-9-4-8(6-14-7-9)5-11(10)13(12)15;;;/h2-8,15-16,23-24H,9-13H2,1H3;2-8,15-16H,9-13H2,1H3;2-8,11,16,18H,9-10,12-14H2,1H3;2-3,8-9,14-15H,4-7H2,1H3;3*1H4. The van der Waals surface area contributed by atoms with Crippen molar-refractivity contribution in [2.24, 2.45) is 23.7 Å². The summed E-state index contributed by atoms with van der Waals surface area (Å²) in [7, 11) is 5.21. The van der Waals surface area contributed by atoms with Crippen LogP contribution in [0.25, 0.3) is 0 Å². The minimum atomic E-state index is -1.48. The Labute approximate surface area is 541 Å². The smallest absolute Gasteiger partial charge is 0.492 e. The molecule has 4 N–H and O–H groups in total. The van der Waals surface area contributed by atoms with E-state index in [1.807, 2.05) is 12.1 Å². The van der Waals surface area contributed by atoms with Crippen LogP contribution < -0.4 is 29.7 Å². The molecule has 4 heterocycles. The number of ether oxygens (including phenoxy) is 4. The van der Waals surface area contributed by atoms with Gasteiger partial charge >= 0.3 is 7.12 Å². The van der Waals surface area contributed by atoms with Crippen molar-refractivity contribution in [1.82, 2.24) is 20.0 Å². The largest absolute Gasteiger partial charge is 0.504 e. The summed E-state index contributed by atoms with van der Waals surface area (Å²) in [5.74, 6) is 8.65. The maximum absolute atomic E-state index is 10.1. The van der Waals surface area contributed by atoms with Gasteiger partial charge in [-0.05, 0) is 207 Å². The summed E-state index contributed by atoms with van der Waals surface area (Å²) < 4.78 is 22.6. The summed E-state index contributed by atoms with van der Waals surface area (Å²) in [5.41, 5.74) is 15.6. The molecule has 8 unspecified atom stereocenters. The van der Waals surface area contributed by atoms with E-state index in [1.54, 1.807) is 34.0 Å². The molecule has 0 saturated carbocycles. The first-order valence-corrected chi connectivity index (χ1v) is 32.3. The van der Waals surface area contributed by atoms with E-state index in [2.05, 4.69) is 169 Å². The number of hydrogen-bond acceptors (Lipinski definition) is 11. The number of phenolic OH excluding ortho intramolecular Hbond substituents is 1.